The van der Waals surface area contributed by atoms with Gasteiger partial charge in [-0.1, -0.05) is 19.1 Å². The van der Waals surface area contributed by atoms with Crippen LogP contribution in [-0.2, 0) is 10.8 Å². The van der Waals surface area contributed by atoms with E-state index >= 15 is 0 Å². The summed E-state index contributed by atoms with van der Waals surface area (Å²) in [6.45, 7) is 4.76. The number of rotatable bonds is 5. The Morgan fingerprint density at radius 3 is 2.73 bits per heavy atom. The highest BCUT2D eigenvalue weighted by atomic mass is 32.2. The lowest BCUT2D eigenvalue weighted by molar-refractivity contribution is 0.586. The molecule has 0 spiro atoms. The van der Waals surface area contributed by atoms with Crippen LogP contribution in [0.4, 0.5) is 4.39 Å². The van der Waals surface area contributed by atoms with Crippen molar-refractivity contribution in [2.24, 2.45) is 0 Å². The second kappa shape index (κ2) is 5.98. The van der Waals surface area contributed by atoms with Gasteiger partial charge in [-0.15, -0.1) is 0 Å². The van der Waals surface area contributed by atoms with Gasteiger partial charge in [0.2, 0.25) is 0 Å². The first-order valence-electron chi connectivity index (χ1n) is 5.01. The zero-order valence-electron chi connectivity index (χ0n) is 9.00. The van der Waals surface area contributed by atoms with E-state index in [4.69, 9.17) is 0 Å². The van der Waals surface area contributed by atoms with Crippen molar-refractivity contribution in [2.45, 2.75) is 24.8 Å². The molecule has 0 radical (unpaired) electrons. The highest BCUT2D eigenvalue weighted by Crippen LogP contribution is 2.12. The average molecular weight is 229 g/mol. The molecule has 15 heavy (non-hydrogen) atoms. The molecule has 0 amide bonds. The van der Waals surface area contributed by atoms with Gasteiger partial charge in [-0.2, -0.15) is 0 Å². The van der Waals surface area contributed by atoms with E-state index in [0.717, 1.165) is 6.54 Å². The molecule has 2 nitrogen and oxygen atoms in total. The van der Waals surface area contributed by atoms with Crippen LogP contribution >= 0.6 is 0 Å². The average Bonchev–Trinajstić information content (AvgIpc) is 2.18. The molecular weight excluding hydrogens is 213 g/mol. The lowest BCUT2D eigenvalue weighted by Crippen LogP contribution is -2.31. The van der Waals surface area contributed by atoms with E-state index in [1.165, 1.54) is 6.07 Å². The Balaban J connectivity index is 2.65. The summed E-state index contributed by atoms with van der Waals surface area (Å²) in [5.74, 6) is 0.0499. The SMILES string of the molecule is CCNC(C)CS(=O)c1ccccc1F. The molecule has 84 valence electrons. The van der Waals surface area contributed by atoms with E-state index in [1.807, 2.05) is 13.8 Å². The third kappa shape index (κ3) is 3.72. The van der Waals surface area contributed by atoms with Gasteiger partial charge in [-0.05, 0) is 25.6 Å². The maximum Gasteiger partial charge on any atom is 0.139 e. The van der Waals surface area contributed by atoms with Gasteiger partial charge in [0.05, 0.1) is 15.7 Å². The topological polar surface area (TPSA) is 29.1 Å². The second-order valence-corrected chi connectivity index (χ2v) is 4.87. The van der Waals surface area contributed by atoms with Crippen LogP contribution in [0.25, 0.3) is 0 Å². The molecule has 0 bridgehead atoms. The normalized spacial score (nSPS) is 14.9. The van der Waals surface area contributed by atoms with Gasteiger partial charge >= 0.3 is 0 Å². The standard InChI is InChI=1S/C11H16FNOS/c1-3-13-9(2)8-15(14)11-7-5-4-6-10(11)12/h4-7,9,13H,3,8H2,1-2H3. The lowest BCUT2D eigenvalue weighted by atomic mass is 10.3. The summed E-state index contributed by atoms with van der Waals surface area (Å²) >= 11 is 0. The summed E-state index contributed by atoms with van der Waals surface area (Å²) in [5.41, 5.74) is 0. The van der Waals surface area contributed by atoms with Gasteiger partial charge in [0.25, 0.3) is 0 Å². The molecule has 0 aliphatic carbocycles. The molecule has 0 aliphatic rings. The van der Waals surface area contributed by atoms with Crippen molar-refractivity contribution in [2.75, 3.05) is 12.3 Å². The summed E-state index contributed by atoms with van der Waals surface area (Å²) in [6, 6.07) is 6.35. The first-order chi connectivity index (χ1) is 7.15. The lowest BCUT2D eigenvalue weighted by Gasteiger charge is -2.11. The molecule has 2 atom stereocenters. The van der Waals surface area contributed by atoms with Crippen LogP contribution in [0.15, 0.2) is 29.2 Å². The minimum Gasteiger partial charge on any atom is -0.314 e. The number of benzene rings is 1. The van der Waals surface area contributed by atoms with Crippen LogP contribution < -0.4 is 5.32 Å². The summed E-state index contributed by atoms with van der Waals surface area (Å²) in [6.07, 6.45) is 0. The minimum atomic E-state index is -1.26. The fourth-order valence-electron chi connectivity index (χ4n) is 1.35. The largest absolute Gasteiger partial charge is 0.314 e. The Kier molecular flexibility index (Phi) is 4.91. The summed E-state index contributed by atoms with van der Waals surface area (Å²) in [4.78, 5) is 0.294. The zero-order valence-corrected chi connectivity index (χ0v) is 9.81. The summed E-state index contributed by atoms with van der Waals surface area (Å²) in [7, 11) is -1.26. The third-order valence-electron chi connectivity index (χ3n) is 2.04. The molecule has 0 heterocycles. The first kappa shape index (κ1) is 12.3. The molecule has 0 saturated heterocycles. The van der Waals surface area contributed by atoms with E-state index in [1.54, 1.807) is 18.2 Å². The van der Waals surface area contributed by atoms with Crippen LogP contribution in [0, 0.1) is 5.82 Å². The molecule has 1 aromatic carbocycles. The molecule has 2 unspecified atom stereocenters. The van der Waals surface area contributed by atoms with E-state index in [0.29, 0.717) is 10.6 Å². The van der Waals surface area contributed by atoms with Crippen LogP contribution in [0.3, 0.4) is 0 Å². The van der Waals surface area contributed by atoms with Crippen LogP contribution in [0.5, 0.6) is 0 Å². The zero-order chi connectivity index (χ0) is 11.3. The Bertz CT molecular complexity index is 343. The van der Waals surface area contributed by atoms with Crippen molar-refractivity contribution in [3.05, 3.63) is 30.1 Å². The highest BCUT2D eigenvalue weighted by molar-refractivity contribution is 7.85. The van der Waals surface area contributed by atoms with E-state index in [-0.39, 0.29) is 11.9 Å². The molecule has 0 fully saturated rings. The molecule has 1 aromatic rings. The smallest absolute Gasteiger partial charge is 0.139 e. The maximum atomic E-state index is 13.3. The number of halogens is 1. The van der Waals surface area contributed by atoms with Crippen molar-refractivity contribution >= 4 is 10.8 Å². The van der Waals surface area contributed by atoms with Gasteiger partial charge in [-0.3, -0.25) is 4.21 Å². The number of hydrogen-bond donors (Lipinski definition) is 1. The van der Waals surface area contributed by atoms with Crippen molar-refractivity contribution in [1.82, 2.24) is 5.32 Å². The van der Waals surface area contributed by atoms with E-state index < -0.39 is 10.8 Å². The summed E-state index contributed by atoms with van der Waals surface area (Å²) < 4.78 is 25.0. The van der Waals surface area contributed by atoms with Crippen molar-refractivity contribution < 1.29 is 8.60 Å². The van der Waals surface area contributed by atoms with Gasteiger partial charge in [-0.25, -0.2) is 4.39 Å². The fourth-order valence-corrected chi connectivity index (χ4v) is 2.62. The predicted molar refractivity (Wildman–Crippen MR) is 60.8 cm³/mol. The van der Waals surface area contributed by atoms with E-state index in [9.17, 15) is 8.60 Å². The van der Waals surface area contributed by atoms with E-state index in [2.05, 4.69) is 5.32 Å². The quantitative estimate of drug-likeness (QED) is 0.836. The molecule has 0 aliphatic heterocycles. The predicted octanol–water partition coefficient (Wildman–Crippen LogP) is 1.93. The molecular formula is C11H16FNOS. The Hall–Kier alpha value is -0.740. The third-order valence-corrected chi connectivity index (χ3v) is 3.66. The number of nitrogens with one attached hydrogen (secondary N) is 1. The minimum absolute atomic E-state index is 0.135. The van der Waals surface area contributed by atoms with Crippen molar-refractivity contribution in [3.63, 3.8) is 0 Å². The molecule has 0 saturated carbocycles. The summed E-state index contributed by atoms with van der Waals surface area (Å²) in [5, 5.41) is 3.15. The van der Waals surface area contributed by atoms with Gasteiger partial charge < -0.3 is 5.32 Å². The Morgan fingerprint density at radius 2 is 2.13 bits per heavy atom. The number of hydrogen-bond acceptors (Lipinski definition) is 2. The van der Waals surface area contributed by atoms with Crippen LogP contribution in [0.1, 0.15) is 13.8 Å². The van der Waals surface area contributed by atoms with Crippen molar-refractivity contribution in [3.8, 4) is 0 Å². The van der Waals surface area contributed by atoms with Gasteiger partial charge in [0, 0.05) is 11.8 Å². The molecule has 0 aromatic heterocycles. The molecule has 1 N–H and O–H groups in total. The maximum absolute atomic E-state index is 13.3. The molecule has 4 heteroatoms. The Labute approximate surface area is 92.3 Å². The second-order valence-electron chi connectivity index (χ2n) is 3.40. The van der Waals surface area contributed by atoms with Crippen LogP contribution in [-0.4, -0.2) is 22.5 Å². The first-order valence-corrected chi connectivity index (χ1v) is 6.33. The highest BCUT2D eigenvalue weighted by Gasteiger charge is 2.12. The Morgan fingerprint density at radius 1 is 1.47 bits per heavy atom. The monoisotopic (exact) mass is 229 g/mol. The van der Waals surface area contributed by atoms with Crippen LogP contribution in [0.2, 0.25) is 0 Å². The van der Waals surface area contributed by atoms with Crippen molar-refractivity contribution in [1.29, 1.82) is 0 Å². The van der Waals surface area contributed by atoms with Gasteiger partial charge in [0.15, 0.2) is 0 Å². The molecule has 1 rings (SSSR count). The fraction of sp³-hybridized carbons (Fsp3) is 0.455. The van der Waals surface area contributed by atoms with Gasteiger partial charge in [0.1, 0.15) is 5.82 Å².